The van der Waals surface area contributed by atoms with Crippen LogP contribution in [-0.4, -0.2) is 31.8 Å². The van der Waals surface area contributed by atoms with Gasteiger partial charge in [-0.05, 0) is 17.4 Å². The second-order valence-corrected chi connectivity index (χ2v) is 6.23. The number of hydrogen-bond acceptors (Lipinski definition) is 3. The van der Waals surface area contributed by atoms with Crippen LogP contribution in [0.25, 0.3) is 0 Å². The molecule has 0 unspecified atom stereocenters. The first kappa shape index (κ1) is 14.1. The normalized spacial score (nSPS) is 19.1. The Bertz CT molecular complexity index is 420. The Kier molecular flexibility index (Phi) is 4.59. The van der Waals surface area contributed by atoms with Gasteiger partial charge in [0.1, 0.15) is 13.2 Å². The van der Waals surface area contributed by atoms with Crippen molar-refractivity contribution in [3.63, 3.8) is 0 Å². The zero-order valence-corrected chi connectivity index (χ0v) is 12.1. The molecule has 0 amide bonds. The SMILES string of the molecule is CC(C)(C)COCC1=N[C@H](Cc2ccccc2)CO1. The van der Waals surface area contributed by atoms with Crippen molar-refractivity contribution in [3.05, 3.63) is 35.9 Å². The maximum atomic E-state index is 5.62. The summed E-state index contributed by atoms with van der Waals surface area (Å²) in [6, 6.07) is 10.6. The fourth-order valence-electron chi connectivity index (χ4n) is 1.98. The zero-order valence-electron chi connectivity index (χ0n) is 12.1. The summed E-state index contributed by atoms with van der Waals surface area (Å²) in [7, 11) is 0. The van der Waals surface area contributed by atoms with Gasteiger partial charge in [0.05, 0.1) is 12.6 Å². The maximum Gasteiger partial charge on any atom is 0.210 e. The second-order valence-electron chi connectivity index (χ2n) is 6.23. The highest BCUT2D eigenvalue weighted by Crippen LogP contribution is 2.15. The number of rotatable bonds is 5. The van der Waals surface area contributed by atoms with Crippen molar-refractivity contribution in [2.45, 2.75) is 33.2 Å². The van der Waals surface area contributed by atoms with Gasteiger partial charge in [-0.3, -0.25) is 0 Å². The van der Waals surface area contributed by atoms with Gasteiger partial charge >= 0.3 is 0 Å². The molecule has 19 heavy (non-hydrogen) atoms. The van der Waals surface area contributed by atoms with Crippen LogP contribution in [0.4, 0.5) is 0 Å². The molecule has 1 atom stereocenters. The smallest absolute Gasteiger partial charge is 0.210 e. The van der Waals surface area contributed by atoms with Crippen molar-refractivity contribution in [2.75, 3.05) is 19.8 Å². The van der Waals surface area contributed by atoms with Gasteiger partial charge in [0.15, 0.2) is 0 Å². The van der Waals surface area contributed by atoms with Gasteiger partial charge in [0, 0.05) is 0 Å². The molecule has 3 heteroatoms. The van der Waals surface area contributed by atoms with Crippen molar-refractivity contribution in [2.24, 2.45) is 10.4 Å². The van der Waals surface area contributed by atoms with E-state index in [-0.39, 0.29) is 11.5 Å². The minimum Gasteiger partial charge on any atom is -0.477 e. The average Bonchev–Trinajstić information content (AvgIpc) is 2.76. The maximum absolute atomic E-state index is 5.62. The highest BCUT2D eigenvalue weighted by molar-refractivity contribution is 5.78. The molecule has 1 aliphatic heterocycles. The third kappa shape index (κ3) is 5.03. The molecule has 0 aliphatic carbocycles. The fourth-order valence-corrected chi connectivity index (χ4v) is 1.98. The van der Waals surface area contributed by atoms with Gasteiger partial charge in [-0.2, -0.15) is 0 Å². The molecule has 104 valence electrons. The van der Waals surface area contributed by atoms with E-state index in [4.69, 9.17) is 9.47 Å². The molecule has 0 saturated carbocycles. The number of aliphatic imine (C=N–C) groups is 1. The van der Waals surface area contributed by atoms with Crippen molar-refractivity contribution >= 4 is 5.90 Å². The Balaban J connectivity index is 1.77. The third-order valence-corrected chi connectivity index (χ3v) is 2.84. The van der Waals surface area contributed by atoms with Crippen LogP contribution < -0.4 is 0 Å². The molecule has 0 fully saturated rings. The first-order valence-electron chi connectivity index (χ1n) is 6.84. The predicted molar refractivity (Wildman–Crippen MR) is 77.6 cm³/mol. The Hall–Kier alpha value is -1.35. The van der Waals surface area contributed by atoms with E-state index in [9.17, 15) is 0 Å². The molecule has 1 aromatic carbocycles. The summed E-state index contributed by atoms with van der Waals surface area (Å²) in [4.78, 5) is 4.57. The molecule has 0 saturated heterocycles. The summed E-state index contributed by atoms with van der Waals surface area (Å²) in [5, 5.41) is 0. The van der Waals surface area contributed by atoms with Crippen LogP contribution in [0.2, 0.25) is 0 Å². The molecular formula is C16H23NO2. The lowest BCUT2D eigenvalue weighted by Gasteiger charge is -2.17. The predicted octanol–water partition coefficient (Wildman–Crippen LogP) is 3.09. The molecule has 1 aliphatic rings. The summed E-state index contributed by atoms with van der Waals surface area (Å²) in [6.45, 7) is 8.35. The van der Waals surface area contributed by atoms with Crippen molar-refractivity contribution in [3.8, 4) is 0 Å². The molecule has 0 N–H and O–H groups in total. The van der Waals surface area contributed by atoms with Crippen LogP contribution in [0.5, 0.6) is 0 Å². The van der Waals surface area contributed by atoms with Crippen molar-refractivity contribution < 1.29 is 9.47 Å². The quantitative estimate of drug-likeness (QED) is 0.815. The molecule has 0 bridgehead atoms. The van der Waals surface area contributed by atoms with Gasteiger partial charge in [0.2, 0.25) is 5.90 Å². The first-order chi connectivity index (χ1) is 9.03. The summed E-state index contributed by atoms with van der Waals surface area (Å²) in [5.41, 5.74) is 1.49. The summed E-state index contributed by atoms with van der Waals surface area (Å²) in [5.74, 6) is 0.741. The van der Waals surface area contributed by atoms with E-state index in [1.165, 1.54) is 5.56 Å². The Morgan fingerprint density at radius 3 is 2.68 bits per heavy atom. The Labute approximate surface area is 115 Å². The zero-order chi connectivity index (χ0) is 13.7. The lowest BCUT2D eigenvalue weighted by atomic mass is 9.99. The number of ether oxygens (including phenoxy) is 2. The highest BCUT2D eigenvalue weighted by atomic mass is 16.5. The van der Waals surface area contributed by atoms with E-state index in [0.29, 0.717) is 13.2 Å². The lowest BCUT2D eigenvalue weighted by Crippen LogP contribution is -2.18. The van der Waals surface area contributed by atoms with E-state index < -0.39 is 0 Å². The minimum atomic E-state index is 0.183. The van der Waals surface area contributed by atoms with Crippen LogP contribution >= 0.6 is 0 Å². The summed E-state index contributed by atoms with van der Waals surface area (Å²) < 4.78 is 11.2. The number of benzene rings is 1. The van der Waals surface area contributed by atoms with Crippen LogP contribution in [0.1, 0.15) is 26.3 Å². The molecular weight excluding hydrogens is 238 g/mol. The number of nitrogens with zero attached hydrogens (tertiary/aromatic N) is 1. The highest BCUT2D eigenvalue weighted by Gasteiger charge is 2.20. The molecule has 1 aromatic rings. The van der Waals surface area contributed by atoms with Gasteiger partial charge < -0.3 is 9.47 Å². The summed E-state index contributed by atoms with van der Waals surface area (Å²) in [6.07, 6.45) is 0.934. The molecule has 1 heterocycles. The monoisotopic (exact) mass is 261 g/mol. The Morgan fingerprint density at radius 1 is 1.26 bits per heavy atom. The van der Waals surface area contributed by atoms with Gasteiger partial charge in [-0.15, -0.1) is 0 Å². The van der Waals surface area contributed by atoms with Crippen molar-refractivity contribution in [1.82, 2.24) is 0 Å². The molecule has 0 spiro atoms. The minimum absolute atomic E-state index is 0.183. The largest absolute Gasteiger partial charge is 0.477 e. The van der Waals surface area contributed by atoms with Crippen LogP contribution in [0.15, 0.2) is 35.3 Å². The first-order valence-corrected chi connectivity index (χ1v) is 6.84. The van der Waals surface area contributed by atoms with Crippen LogP contribution in [0.3, 0.4) is 0 Å². The topological polar surface area (TPSA) is 30.8 Å². The third-order valence-electron chi connectivity index (χ3n) is 2.84. The molecule has 0 radical (unpaired) electrons. The van der Waals surface area contributed by atoms with E-state index in [1.807, 2.05) is 6.07 Å². The average molecular weight is 261 g/mol. The molecule has 2 rings (SSSR count). The van der Waals surface area contributed by atoms with Crippen molar-refractivity contribution in [1.29, 1.82) is 0 Å². The number of hydrogen-bond donors (Lipinski definition) is 0. The fraction of sp³-hybridized carbons (Fsp3) is 0.562. The van der Waals surface area contributed by atoms with E-state index in [2.05, 4.69) is 50.0 Å². The standard InChI is InChI=1S/C16H23NO2/c1-16(2,3)12-18-11-15-17-14(10-19-15)9-13-7-5-4-6-8-13/h4-8,14H,9-12H2,1-3H3/t14-/m1/s1. The van der Waals surface area contributed by atoms with Crippen LogP contribution in [-0.2, 0) is 15.9 Å². The second kappa shape index (κ2) is 6.20. The van der Waals surface area contributed by atoms with E-state index >= 15 is 0 Å². The van der Waals surface area contributed by atoms with Gasteiger partial charge in [-0.25, -0.2) is 4.99 Å². The Morgan fingerprint density at radius 2 is 2.00 bits per heavy atom. The lowest BCUT2D eigenvalue weighted by molar-refractivity contribution is 0.0886. The summed E-state index contributed by atoms with van der Waals surface area (Å²) >= 11 is 0. The van der Waals surface area contributed by atoms with Gasteiger partial charge in [-0.1, -0.05) is 51.1 Å². The van der Waals surface area contributed by atoms with Gasteiger partial charge in [0.25, 0.3) is 0 Å². The molecule has 3 nitrogen and oxygen atoms in total. The molecule has 0 aromatic heterocycles. The van der Waals surface area contributed by atoms with Crippen LogP contribution in [0, 0.1) is 5.41 Å². The van der Waals surface area contributed by atoms with E-state index in [0.717, 1.165) is 18.9 Å². The van der Waals surface area contributed by atoms with E-state index in [1.54, 1.807) is 0 Å².